The van der Waals surface area contributed by atoms with Gasteiger partial charge < -0.3 is 15.5 Å². The molecular formula is C16H22ClN3O2S. The Morgan fingerprint density at radius 1 is 1.35 bits per heavy atom. The van der Waals surface area contributed by atoms with E-state index in [1.807, 2.05) is 23.1 Å². The Hall–Kier alpha value is -1.24. The molecule has 23 heavy (non-hydrogen) atoms. The lowest BCUT2D eigenvalue weighted by Crippen LogP contribution is -2.57. The summed E-state index contributed by atoms with van der Waals surface area (Å²) in [5, 5.41) is 6.28. The number of hydrogen-bond acceptors (Lipinski definition) is 4. The van der Waals surface area contributed by atoms with Crippen LogP contribution in [0, 0.1) is 0 Å². The number of carbonyl (C=O) groups excluding carboxylic acids is 2. The number of carbonyl (C=O) groups is 2. The number of nitrogens with zero attached hydrogens (tertiary/aromatic N) is 1. The Bertz CT molecular complexity index is 611. The first-order chi connectivity index (χ1) is 10.6. The van der Waals surface area contributed by atoms with E-state index in [0.29, 0.717) is 18.5 Å². The summed E-state index contributed by atoms with van der Waals surface area (Å²) in [5.41, 5.74) is 1.40. The standard InChI is InChI=1S/C16H21N3O2S.ClH/c1-10-11(2)19(7-6-17-10)16(21)12-3-4-14-13(9-12)18-15(20)5-8-22-14;/h3-4,9-11,17H,5-8H2,1-2H3,(H,18,20);1H. The zero-order valence-corrected chi connectivity index (χ0v) is 14.9. The van der Waals surface area contributed by atoms with Gasteiger partial charge in [0, 0.05) is 47.8 Å². The third-order valence-electron chi connectivity index (χ3n) is 4.38. The van der Waals surface area contributed by atoms with Crippen molar-refractivity contribution < 1.29 is 9.59 Å². The number of benzene rings is 1. The van der Waals surface area contributed by atoms with Crippen molar-refractivity contribution in [3.8, 4) is 0 Å². The topological polar surface area (TPSA) is 61.4 Å². The van der Waals surface area contributed by atoms with Gasteiger partial charge in [0.05, 0.1) is 5.69 Å². The number of thioether (sulfide) groups is 1. The molecule has 0 spiro atoms. The van der Waals surface area contributed by atoms with Crippen LogP contribution in [0.2, 0.25) is 0 Å². The third-order valence-corrected chi connectivity index (χ3v) is 5.46. The molecule has 7 heteroatoms. The Labute approximate surface area is 147 Å². The van der Waals surface area contributed by atoms with Crippen LogP contribution in [0.5, 0.6) is 0 Å². The predicted molar refractivity (Wildman–Crippen MR) is 95.6 cm³/mol. The van der Waals surface area contributed by atoms with E-state index in [1.165, 1.54) is 0 Å². The van der Waals surface area contributed by atoms with Crippen molar-refractivity contribution in [2.75, 3.05) is 24.2 Å². The van der Waals surface area contributed by atoms with Gasteiger partial charge in [-0.3, -0.25) is 9.59 Å². The lowest BCUT2D eigenvalue weighted by atomic mass is 10.0. The first-order valence-corrected chi connectivity index (χ1v) is 8.66. The molecule has 1 saturated heterocycles. The first kappa shape index (κ1) is 18.1. The molecule has 1 aromatic rings. The van der Waals surface area contributed by atoms with Crippen LogP contribution in [-0.4, -0.2) is 47.6 Å². The molecule has 2 aliphatic rings. The average Bonchev–Trinajstić information content (AvgIpc) is 2.69. The highest BCUT2D eigenvalue weighted by atomic mass is 35.5. The summed E-state index contributed by atoms with van der Waals surface area (Å²) in [5.74, 6) is 0.825. The second-order valence-electron chi connectivity index (χ2n) is 5.84. The number of piperazine rings is 1. The summed E-state index contributed by atoms with van der Waals surface area (Å²) in [4.78, 5) is 27.4. The number of rotatable bonds is 1. The molecule has 0 bridgehead atoms. The molecule has 2 heterocycles. The van der Waals surface area contributed by atoms with Gasteiger partial charge in [0.1, 0.15) is 0 Å². The van der Waals surface area contributed by atoms with E-state index >= 15 is 0 Å². The summed E-state index contributed by atoms with van der Waals surface area (Å²) < 4.78 is 0. The Balaban J connectivity index is 0.00000192. The van der Waals surface area contributed by atoms with Crippen LogP contribution in [0.1, 0.15) is 30.6 Å². The number of nitrogens with one attached hydrogen (secondary N) is 2. The minimum atomic E-state index is 0. The van der Waals surface area contributed by atoms with E-state index in [0.717, 1.165) is 22.9 Å². The molecule has 126 valence electrons. The molecule has 1 aromatic carbocycles. The second-order valence-corrected chi connectivity index (χ2v) is 6.98. The smallest absolute Gasteiger partial charge is 0.254 e. The second kappa shape index (κ2) is 7.55. The van der Waals surface area contributed by atoms with Gasteiger partial charge in [-0.1, -0.05) is 0 Å². The van der Waals surface area contributed by atoms with Crippen LogP contribution in [0.15, 0.2) is 23.1 Å². The van der Waals surface area contributed by atoms with E-state index in [9.17, 15) is 9.59 Å². The fraction of sp³-hybridized carbons (Fsp3) is 0.500. The van der Waals surface area contributed by atoms with E-state index in [1.54, 1.807) is 11.8 Å². The molecule has 3 rings (SSSR count). The molecule has 2 unspecified atom stereocenters. The van der Waals surface area contributed by atoms with Crippen LogP contribution >= 0.6 is 24.2 Å². The van der Waals surface area contributed by atoms with Gasteiger partial charge in [-0.15, -0.1) is 24.2 Å². The predicted octanol–water partition coefficient (Wildman–Crippen LogP) is 2.37. The first-order valence-electron chi connectivity index (χ1n) is 7.67. The Morgan fingerprint density at radius 3 is 2.91 bits per heavy atom. The largest absolute Gasteiger partial charge is 0.333 e. The quantitative estimate of drug-likeness (QED) is 0.812. The summed E-state index contributed by atoms with van der Waals surface area (Å²) in [7, 11) is 0. The zero-order valence-electron chi connectivity index (χ0n) is 13.3. The van der Waals surface area contributed by atoms with Gasteiger partial charge in [0.25, 0.3) is 5.91 Å². The van der Waals surface area contributed by atoms with E-state index in [2.05, 4.69) is 24.5 Å². The van der Waals surface area contributed by atoms with Gasteiger partial charge in [0.15, 0.2) is 0 Å². The van der Waals surface area contributed by atoms with Crippen molar-refractivity contribution in [1.29, 1.82) is 0 Å². The molecule has 0 saturated carbocycles. The SMILES string of the molecule is CC1NCCN(C(=O)c2ccc3c(c2)NC(=O)CCS3)C1C.Cl. The fourth-order valence-electron chi connectivity index (χ4n) is 2.86. The number of halogens is 1. The van der Waals surface area contributed by atoms with E-state index in [-0.39, 0.29) is 36.3 Å². The molecular weight excluding hydrogens is 334 g/mol. The van der Waals surface area contributed by atoms with E-state index in [4.69, 9.17) is 0 Å². The van der Waals surface area contributed by atoms with Crippen LogP contribution in [0.4, 0.5) is 5.69 Å². The minimum absolute atomic E-state index is 0. The molecule has 5 nitrogen and oxygen atoms in total. The average molecular weight is 356 g/mol. The maximum absolute atomic E-state index is 12.8. The fourth-order valence-corrected chi connectivity index (χ4v) is 3.80. The molecule has 2 atom stereocenters. The molecule has 0 aromatic heterocycles. The van der Waals surface area contributed by atoms with Gasteiger partial charge in [0.2, 0.25) is 5.91 Å². The van der Waals surface area contributed by atoms with Crippen molar-refractivity contribution in [1.82, 2.24) is 10.2 Å². The van der Waals surface area contributed by atoms with Crippen molar-refractivity contribution in [3.05, 3.63) is 23.8 Å². The molecule has 0 radical (unpaired) electrons. The number of hydrogen-bond donors (Lipinski definition) is 2. The number of fused-ring (bicyclic) bond motifs is 1. The lowest BCUT2D eigenvalue weighted by Gasteiger charge is -2.38. The maximum atomic E-state index is 12.8. The van der Waals surface area contributed by atoms with Crippen LogP contribution in [0.25, 0.3) is 0 Å². The highest BCUT2D eigenvalue weighted by molar-refractivity contribution is 7.99. The Kier molecular flexibility index (Phi) is 5.95. The van der Waals surface area contributed by atoms with Crippen LogP contribution < -0.4 is 10.6 Å². The molecule has 2 amide bonds. The van der Waals surface area contributed by atoms with Crippen molar-refractivity contribution in [3.63, 3.8) is 0 Å². The van der Waals surface area contributed by atoms with Gasteiger partial charge in [-0.05, 0) is 32.0 Å². The third kappa shape index (κ3) is 3.82. The lowest BCUT2D eigenvalue weighted by molar-refractivity contribution is -0.115. The van der Waals surface area contributed by atoms with Crippen molar-refractivity contribution in [2.45, 2.75) is 37.2 Å². The summed E-state index contributed by atoms with van der Waals surface area (Å²) in [6.07, 6.45) is 0.509. The maximum Gasteiger partial charge on any atom is 0.254 e. The van der Waals surface area contributed by atoms with Gasteiger partial charge in [-0.25, -0.2) is 0 Å². The van der Waals surface area contributed by atoms with Crippen molar-refractivity contribution >= 4 is 41.7 Å². The van der Waals surface area contributed by atoms with Gasteiger partial charge >= 0.3 is 0 Å². The zero-order chi connectivity index (χ0) is 15.7. The normalized spacial score (nSPS) is 24.1. The monoisotopic (exact) mass is 355 g/mol. The molecule has 1 fully saturated rings. The molecule has 2 N–H and O–H groups in total. The van der Waals surface area contributed by atoms with Crippen LogP contribution in [0.3, 0.4) is 0 Å². The van der Waals surface area contributed by atoms with Crippen LogP contribution in [-0.2, 0) is 4.79 Å². The van der Waals surface area contributed by atoms with Gasteiger partial charge in [-0.2, -0.15) is 0 Å². The summed E-state index contributed by atoms with van der Waals surface area (Å²) in [6, 6.07) is 6.06. The van der Waals surface area contributed by atoms with E-state index < -0.39 is 0 Å². The Morgan fingerprint density at radius 2 is 2.13 bits per heavy atom. The molecule has 0 aliphatic carbocycles. The van der Waals surface area contributed by atoms with Crippen molar-refractivity contribution in [2.24, 2.45) is 0 Å². The minimum Gasteiger partial charge on any atom is -0.333 e. The highest BCUT2D eigenvalue weighted by Gasteiger charge is 2.29. The highest BCUT2D eigenvalue weighted by Crippen LogP contribution is 2.32. The number of anilines is 1. The molecule has 2 aliphatic heterocycles. The summed E-state index contributed by atoms with van der Waals surface area (Å²) >= 11 is 1.65. The number of amides is 2. The summed E-state index contributed by atoms with van der Waals surface area (Å²) in [6.45, 7) is 5.69.